The number of ether oxygens (including phenoxy) is 1. The molecule has 0 radical (unpaired) electrons. The lowest BCUT2D eigenvalue weighted by Crippen LogP contribution is -2.34. The lowest BCUT2D eigenvalue weighted by molar-refractivity contribution is 0.292. The van der Waals surface area contributed by atoms with Gasteiger partial charge in [0.2, 0.25) is 5.88 Å². The van der Waals surface area contributed by atoms with Crippen LogP contribution in [0, 0.1) is 29.6 Å². The molecule has 4 rings (SSSR count). The number of aryl methyl sites for hydroxylation is 1. The number of allylic oxidation sites excluding steroid dienone is 3. The Kier molecular flexibility index (Phi) is 2.56. The van der Waals surface area contributed by atoms with E-state index in [9.17, 15) is 10.1 Å². The predicted molar refractivity (Wildman–Crippen MR) is 78.8 cm³/mol. The van der Waals surface area contributed by atoms with E-state index in [1.807, 2.05) is 0 Å². The van der Waals surface area contributed by atoms with Gasteiger partial charge in [0, 0.05) is 17.4 Å². The van der Waals surface area contributed by atoms with E-state index in [1.54, 1.807) is 13.0 Å². The third-order valence-corrected chi connectivity index (χ3v) is 5.15. The van der Waals surface area contributed by atoms with E-state index in [1.165, 1.54) is 0 Å². The summed E-state index contributed by atoms with van der Waals surface area (Å²) in [6, 6.07) is 3.83. The van der Waals surface area contributed by atoms with E-state index in [0.29, 0.717) is 28.6 Å². The zero-order valence-electron chi connectivity index (χ0n) is 12.3. The molecule has 3 aliphatic rings. The van der Waals surface area contributed by atoms with Crippen LogP contribution in [0.1, 0.15) is 36.5 Å². The minimum Gasteiger partial charge on any atom is -0.440 e. The summed E-state index contributed by atoms with van der Waals surface area (Å²) in [5, 5.41) is 9.56. The molecule has 1 saturated carbocycles. The summed E-state index contributed by atoms with van der Waals surface area (Å²) in [5.41, 5.74) is 6.09. The highest BCUT2D eigenvalue weighted by Crippen LogP contribution is 2.60. The fourth-order valence-electron chi connectivity index (χ4n) is 4.24. The van der Waals surface area contributed by atoms with Crippen LogP contribution in [0.5, 0.6) is 5.75 Å². The second-order valence-electron chi connectivity index (χ2n) is 6.44. The van der Waals surface area contributed by atoms with Crippen molar-refractivity contribution >= 4 is 0 Å². The molecule has 2 aliphatic carbocycles. The van der Waals surface area contributed by atoms with Crippen LogP contribution in [0.25, 0.3) is 0 Å². The van der Waals surface area contributed by atoms with Crippen LogP contribution in [0.2, 0.25) is 0 Å². The highest BCUT2D eigenvalue weighted by atomic mass is 16.5. The summed E-state index contributed by atoms with van der Waals surface area (Å²) in [5.74, 6) is 1.16. The van der Waals surface area contributed by atoms with Crippen LogP contribution in [0.3, 0.4) is 0 Å². The van der Waals surface area contributed by atoms with Crippen LogP contribution >= 0.6 is 0 Å². The van der Waals surface area contributed by atoms with Gasteiger partial charge >= 0.3 is 5.63 Å². The standard InChI is InChI=1S/C17H16N2O3/c1-9-6-12-13(16(20)21-9)14(11(8-18)15(19)22-12)17-4-2-10(7-17)3-5-17/h2,4,6,10,14H,3,5,7,19H2,1H3/t10-,14-,17+/m0/s1. The molecule has 3 atom stereocenters. The molecule has 1 fully saturated rings. The molecule has 22 heavy (non-hydrogen) atoms. The van der Waals surface area contributed by atoms with Crippen LogP contribution < -0.4 is 16.1 Å². The number of hydrogen-bond donors (Lipinski definition) is 1. The average Bonchev–Trinajstić information content (AvgIpc) is 3.07. The number of nitriles is 1. The molecular formula is C17H16N2O3. The fourth-order valence-corrected chi connectivity index (χ4v) is 4.24. The Labute approximate surface area is 127 Å². The van der Waals surface area contributed by atoms with Gasteiger partial charge in [0.1, 0.15) is 17.6 Å². The van der Waals surface area contributed by atoms with Gasteiger partial charge in [0.05, 0.1) is 11.1 Å². The molecule has 1 aromatic rings. The predicted octanol–water partition coefficient (Wildman–Crippen LogP) is 2.47. The van der Waals surface area contributed by atoms with Crippen LogP contribution in [0.15, 0.2) is 38.9 Å². The summed E-state index contributed by atoms with van der Waals surface area (Å²) in [6.45, 7) is 1.69. The third kappa shape index (κ3) is 1.61. The summed E-state index contributed by atoms with van der Waals surface area (Å²) in [6.07, 6.45) is 7.33. The molecule has 0 spiro atoms. The van der Waals surface area contributed by atoms with Gasteiger partial charge in [0.15, 0.2) is 0 Å². The van der Waals surface area contributed by atoms with Gasteiger partial charge in [0.25, 0.3) is 0 Å². The van der Waals surface area contributed by atoms with E-state index in [-0.39, 0.29) is 17.2 Å². The van der Waals surface area contributed by atoms with Crippen molar-refractivity contribution in [3.8, 4) is 11.8 Å². The first-order chi connectivity index (χ1) is 10.5. The lowest BCUT2D eigenvalue weighted by atomic mass is 9.68. The number of rotatable bonds is 1. The molecule has 1 aromatic heterocycles. The van der Waals surface area contributed by atoms with Crippen molar-refractivity contribution in [1.29, 1.82) is 5.26 Å². The second-order valence-corrected chi connectivity index (χ2v) is 6.44. The van der Waals surface area contributed by atoms with E-state index < -0.39 is 5.63 Å². The first-order valence-corrected chi connectivity index (χ1v) is 7.46. The van der Waals surface area contributed by atoms with Gasteiger partial charge in [-0.1, -0.05) is 12.2 Å². The monoisotopic (exact) mass is 296 g/mol. The molecule has 1 aliphatic heterocycles. The summed E-state index contributed by atoms with van der Waals surface area (Å²) in [7, 11) is 0. The first kappa shape index (κ1) is 13.2. The topological polar surface area (TPSA) is 89.2 Å². The Balaban J connectivity index is 1.98. The number of nitrogens with two attached hydrogens (primary N) is 1. The SMILES string of the molecule is Cc1cc2c(c(=O)o1)[C@@H]([C@]13C=C[C@@H](CC1)C3)C(C#N)=C(N)O2. The Bertz CT molecular complexity index is 827. The third-order valence-electron chi connectivity index (χ3n) is 5.15. The minimum absolute atomic E-state index is 0.100. The summed E-state index contributed by atoms with van der Waals surface area (Å²) in [4.78, 5) is 12.4. The molecule has 2 heterocycles. The van der Waals surface area contributed by atoms with Gasteiger partial charge < -0.3 is 14.9 Å². The highest BCUT2D eigenvalue weighted by Gasteiger charge is 2.52. The van der Waals surface area contributed by atoms with Gasteiger partial charge in [-0.3, -0.25) is 0 Å². The molecule has 0 aromatic carbocycles. The van der Waals surface area contributed by atoms with Crippen molar-refractivity contribution < 1.29 is 9.15 Å². The zero-order valence-corrected chi connectivity index (χ0v) is 12.3. The van der Waals surface area contributed by atoms with Gasteiger partial charge in [-0.25, -0.2) is 4.79 Å². The molecule has 2 bridgehead atoms. The van der Waals surface area contributed by atoms with Crippen molar-refractivity contribution in [3.63, 3.8) is 0 Å². The normalized spacial score (nSPS) is 31.8. The maximum Gasteiger partial charge on any atom is 0.343 e. The molecule has 5 nitrogen and oxygen atoms in total. The first-order valence-electron chi connectivity index (χ1n) is 7.46. The maximum absolute atomic E-state index is 12.4. The largest absolute Gasteiger partial charge is 0.440 e. The van der Waals surface area contributed by atoms with Crippen LogP contribution in [0.4, 0.5) is 0 Å². The second kappa shape index (κ2) is 4.26. The number of nitrogens with zero attached hydrogens (tertiary/aromatic N) is 1. The summed E-state index contributed by atoms with van der Waals surface area (Å²) >= 11 is 0. The Morgan fingerprint density at radius 3 is 2.91 bits per heavy atom. The Morgan fingerprint density at radius 1 is 1.50 bits per heavy atom. The molecule has 5 heteroatoms. The van der Waals surface area contributed by atoms with Crippen molar-refractivity contribution in [2.45, 2.75) is 32.1 Å². The molecule has 0 amide bonds. The van der Waals surface area contributed by atoms with Gasteiger partial charge in [-0.15, -0.1) is 0 Å². The lowest BCUT2D eigenvalue weighted by Gasteiger charge is -2.36. The molecule has 2 N–H and O–H groups in total. The minimum atomic E-state index is -0.432. The van der Waals surface area contributed by atoms with Crippen molar-refractivity contribution in [2.24, 2.45) is 17.1 Å². The van der Waals surface area contributed by atoms with Crippen molar-refractivity contribution in [3.05, 3.63) is 51.4 Å². The van der Waals surface area contributed by atoms with Crippen LogP contribution in [-0.2, 0) is 0 Å². The average molecular weight is 296 g/mol. The van der Waals surface area contributed by atoms with E-state index in [4.69, 9.17) is 14.9 Å². The number of hydrogen-bond acceptors (Lipinski definition) is 5. The van der Waals surface area contributed by atoms with Crippen molar-refractivity contribution in [1.82, 2.24) is 0 Å². The van der Waals surface area contributed by atoms with Crippen molar-refractivity contribution in [2.75, 3.05) is 0 Å². The smallest absolute Gasteiger partial charge is 0.343 e. The zero-order chi connectivity index (χ0) is 15.5. The van der Waals surface area contributed by atoms with Crippen LogP contribution in [-0.4, -0.2) is 0 Å². The molecule has 0 unspecified atom stereocenters. The van der Waals surface area contributed by atoms with E-state index in [0.717, 1.165) is 19.3 Å². The summed E-state index contributed by atoms with van der Waals surface area (Å²) < 4.78 is 10.8. The van der Waals surface area contributed by atoms with E-state index in [2.05, 4.69) is 18.2 Å². The molecular weight excluding hydrogens is 280 g/mol. The van der Waals surface area contributed by atoms with E-state index >= 15 is 0 Å². The maximum atomic E-state index is 12.4. The highest BCUT2D eigenvalue weighted by molar-refractivity contribution is 5.52. The van der Waals surface area contributed by atoms with Gasteiger partial charge in [-0.2, -0.15) is 5.26 Å². The van der Waals surface area contributed by atoms with Gasteiger partial charge in [-0.05, 0) is 32.1 Å². The fraction of sp³-hybridized carbons (Fsp3) is 0.412. The molecule has 112 valence electrons. The quantitative estimate of drug-likeness (QED) is 0.804. The molecule has 0 saturated heterocycles. The Hall–Kier alpha value is -2.48. The Morgan fingerprint density at radius 2 is 2.32 bits per heavy atom. The number of fused-ring (bicyclic) bond motifs is 3.